The Hall–Kier alpha value is -3.52. The van der Waals surface area contributed by atoms with Crippen molar-refractivity contribution in [3.8, 4) is 0 Å². The van der Waals surface area contributed by atoms with E-state index in [-0.39, 0.29) is 42.3 Å². The first-order valence-electron chi connectivity index (χ1n) is 14.5. The number of hydrogen-bond acceptors (Lipinski definition) is 6. The van der Waals surface area contributed by atoms with Crippen molar-refractivity contribution in [1.82, 2.24) is 10.6 Å². The third-order valence-corrected chi connectivity index (χ3v) is 7.19. The minimum Gasteiger partial charge on any atom is -0.445 e. The highest BCUT2D eigenvalue weighted by atomic mass is 16.6. The first-order chi connectivity index (χ1) is 19.5. The van der Waals surface area contributed by atoms with Crippen LogP contribution >= 0.6 is 0 Å². The Morgan fingerprint density at radius 3 is 1.93 bits per heavy atom. The molecular weight excluding hydrogens is 520 g/mol. The molecule has 3 rings (SSSR count). The summed E-state index contributed by atoms with van der Waals surface area (Å²) in [6.45, 7) is 10.1. The zero-order valence-electron chi connectivity index (χ0n) is 24.9. The highest BCUT2D eigenvalue weighted by molar-refractivity contribution is 5.98. The van der Waals surface area contributed by atoms with E-state index in [1.54, 1.807) is 6.92 Å². The van der Waals surface area contributed by atoms with Gasteiger partial charge in [0.2, 0.25) is 5.91 Å². The number of benzene rings is 2. The van der Waals surface area contributed by atoms with Crippen LogP contribution in [0.1, 0.15) is 65.0 Å². The molecule has 1 aliphatic rings. The van der Waals surface area contributed by atoms with Crippen LogP contribution in [0, 0.1) is 17.8 Å². The second kappa shape index (κ2) is 14.9. The lowest BCUT2D eigenvalue weighted by atomic mass is 9.87. The van der Waals surface area contributed by atoms with Crippen molar-refractivity contribution in [1.29, 1.82) is 0 Å². The lowest BCUT2D eigenvalue weighted by molar-refractivity contribution is -0.134. The normalized spacial score (nSPS) is 18.3. The van der Waals surface area contributed by atoms with Crippen LogP contribution in [0.25, 0.3) is 0 Å². The number of alkyl carbamates (subject to hydrolysis) is 1. The molecule has 1 saturated heterocycles. The topological polar surface area (TPSA) is 114 Å². The zero-order valence-corrected chi connectivity index (χ0v) is 24.9. The van der Waals surface area contributed by atoms with Crippen molar-refractivity contribution in [3.63, 3.8) is 0 Å². The molecule has 0 aromatic heterocycles. The monoisotopic (exact) mass is 564 g/mol. The average Bonchev–Trinajstić information content (AvgIpc) is 3.69. The van der Waals surface area contributed by atoms with Gasteiger partial charge in [-0.2, -0.15) is 0 Å². The summed E-state index contributed by atoms with van der Waals surface area (Å²) >= 11 is 0. The van der Waals surface area contributed by atoms with Crippen molar-refractivity contribution >= 4 is 23.6 Å². The number of ketones is 2. The molecule has 1 fully saturated rings. The van der Waals surface area contributed by atoms with E-state index in [4.69, 9.17) is 9.47 Å². The van der Waals surface area contributed by atoms with Crippen LogP contribution in [-0.4, -0.2) is 47.9 Å². The molecule has 0 saturated carbocycles. The smallest absolute Gasteiger partial charge is 0.408 e. The maximum Gasteiger partial charge on any atom is 0.408 e. The number of rotatable bonds is 16. The molecule has 8 heteroatoms. The number of ether oxygens (including phenoxy) is 2. The van der Waals surface area contributed by atoms with Gasteiger partial charge in [0.05, 0.1) is 18.7 Å². The minimum absolute atomic E-state index is 0.0552. The molecule has 8 nitrogen and oxygen atoms in total. The second-order valence-corrected chi connectivity index (χ2v) is 12.0. The zero-order chi connectivity index (χ0) is 30.0. The summed E-state index contributed by atoms with van der Waals surface area (Å²) in [7, 11) is 0. The number of carbonyl (C=O) groups is 4. The van der Waals surface area contributed by atoms with Gasteiger partial charge in [-0.05, 0) is 49.1 Å². The Kier molecular flexibility index (Phi) is 11.6. The molecule has 41 heavy (non-hydrogen) atoms. The largest absolute Gasteiger partial charge is 0.445 e. The second-order valence-electron chi connectivity index (χ2n) is 12.0. The predicted octanol–water partition coefficient (Wildman–Crippen LogP) is 5.03. The molecule has 1 aliphatic heterocycles. The highest BCUT2D eigenvalue weighted by Crippen LogP contribution is 2.29. The molecular formula is C33H44N2O6. The van der Waals surface area contributed by atoms with E-state index in [9.17, 15) is 19.2 Å². The number of nitrogens with one attached hydrogen (secondary N) is 2. The Labute approximate surface area is 243 Å². The quantitative estimate of drug-likeness (QED) is 0.276. The fourth-order valence-electron chi connectivity index (χ4n) is 4.85. The van der Waals surface area contributed by atoms with Gasteiger partial charge < -0.3 is 20.1 Å². The first kappa shape index (κ1) is 32.0. The van der Waals surface area contributed by atoms with E-state index >= 15 is 0 Å². The summed E-state index contributed by atoms with van der Waals surface area (Å²) in [6.07, 6.45) is 0.478. The maximum atomic E-state index is 13.6. The summed E-state index contributed by atoms with van der Waals surface area (Å²) in [5, 5.41) is 5.67. The van der Waals surface area contributed by atoms with E-state index in [1.807, 2.05) is 88.4 Å². The number of amides is 2. The van der Waals surface area contributed by atoms with Crippen molar-refractivity contribution < 1.29 is 28.7 Å². The molecule has 1 heterocycles. The van der Waals surface area contributed by atoms with Gasteiger partial charge >= 0.3 is 6.09 Å². The van der Waals surface area contributed by atoms with Gasteiger partial charge in [-0.25, -0.2) is 4.79 Å². The molecule has 2 amide bonds. The van der Waals surface area contributed by atoms with Crippen molar-refractivity contribution in [3.05, 3.63) is 71.8 Å². The lowest BCUT2D eigenvalue weighted by Gasteiger charge is -2.26. The summed E-state index contributed by atoms with van der Waals surface area (Å²) in [6, 6.07) is 17.2. The molecule has 1 unspecified atom stereocenters. The molecule has 222 valence electrons. The molecule has 0 radical (unpaired) electrons. The van der Waals surface area contributed by atoms with Crippen LogP contribution < -0.4 is 10.6 Å². The van der Waals surface area contributed by atoms with Gasteiger partial charge in [-0.1, -0.05) is 88.4 Å². The van der Waals surface area contributed by atoms with Crippen LogP contribution in [-0.2, 0) is 36.9 Å². The van der Waals surface area contributed by atoms with Gasteiger partial charge in [0.15, 0.2) is 11.6 Å². The molecule has 0 bridgehead atoms. The molecule has 2 aromatic carbocycles. The SMILES string of the molecule is CC(C)C[C@@H](CC(=O)[C@H](CC(C)C)NC(=O)OCc1ccccc1)C(=O)N[C@@H](Cc1ccccc1)C(=O)C1(C)CO1. The Bertz CT molecular complexity index is 1160. The molecule has 0 aliphatic carbocycles. The van der Waals surface area contributed by atoms with Gasteiger partial charge in [0.25, 0.3) is 0 Å². The van der Waals surface area contributed by atoms with Crippen LogP contribution in [0.15, 0.2) is 60.7 Å². The summed E-state index contributed by atoms with van der Waals surface area (Å²) < 4.78 is 10.7. The van der Waals surface area contributed by atoms with Crippen LogP contribution in [0.3, 0.4) is 0 Å². The van der Waals surface area contributed by atoms with E-state index < -0.39 is 29.7 Å². The van der Waals surface area contributed by atoms with Crippen LogP contribution in [0.2, 0.25) is 0 Å². The molecule has 0 spiro atoms. The maximum absolute atomic E-state index is 13.6. The van der Waals surface area contributed by atoms with Crippen molar-refractivity contribution in [2.45, 2.75) is 84.6 Å². The number of epoxide rings is 1. The number of carbonyl (C=O) groups excluding carboxylic acids is 4. The fraction of sp³-hybridized carbons (Fsp3) is 0.515. The average molecular weight is 565 g/mol. The van der Waals surface area contributed by atoms with Gasteiger partial charge in [-0.15, -0.1) is 0 Å². The van der Waals surface area contributed by atoms with Crippen LogP contribution in [0.5, 0.6) is 0 Å². The van der Waals surface area contributed by atoms with Gasteiger partial charge in [0.1, 0.15) is 12.2 Å². The Morgan fingerprint density at radius 1 is 0.829 bits per heavy atom. The molecule has 4 atom stereocenters. The Morgan fingerprint density at radius 2 is 1.39 bits per heavy atom. The van der Waals surface area contributed by atoms with Crippen LogP contribution in [0.4, 0.5) is 4.79 Å². The molecule has 2 aromatic rings. The first-order valence-corrected chi connectivity index (χ1v) is 14.5. The highest BCUT2D eigenvalue weighted by Gasteiger charge is 2.50. The third kappa shape index (κ3) is 10.4. The summed E-state index contributed by atoms with van der Waals surface area (Å²) in [5.41, 5.74) is 0.859. The summed E-state index contributed by atoms with van der Waals surface area (Å²) in [5.74, 6) is -1.15. The minimum atomic E-state index is -0.900. The van der Waals surface area contributed by atoms with Crippen molar-refractivity contribution in [2.24, 2.45) is 17.8 Å². The van der Waals surface area contributed by atoms with E-state index in [0.29, 0.717) is 25.9 Å². The van der Waals surface area contributed by atoms with Gasteiger partial charge in [-0.3, -0.25) is 14.4 Å². The lowest BCUT2D eigenvalue weighted by Crippen LogP contribution is -2.50. The molecule has 2 N–H and O–H groups in total. The number of hydrogen-bond donors (Lipinski definition) is 2. The van der Waals surface area contributed by atoms with Gasteiger partial charge in [0, 0.05) is 12.3 Å². The third-order valence-electron chi connectivity index (χ3n) is 7.19. The summed E-state index contributed by atoms with van der Waals surface area (Å²) in [4.78, 5) is 53.0. The Balaban J connectivity index is 1.70. The van der Waals surface area contributed by atoms with E-state index in [2.05, 4.69) is 10.6 Å². The predicted molar refractivity (Wildman–Crippen MR) is 157 cm³/mol. The fourth-order valence-corrected chi connectivity index (χ4v) is 4.85. The standard InChI is InChI=1S/C33H44N2O6/c1-22(2)16-26(31(38)34-28(30(37)33(5)21-41-33)18-24-12-8-6-9-13-24)19-29(36)27(17-23(3)4)35-32(39)40-20-25-14-10-7-11-15-25/h6-15,22-23,26-28H,16-21H2,1-5H3,(H,34,38)(H,35,39)/t26-,27-,28-,33?/m0/s1. The van der Waals surface area contributed by atoms with E-state index in [0.717, 1.165) is 11.1 Å². The number of Topliss-reactive ketones (excluding diaryl/α,β-unsaturated/α-hetero) is 2. The van der Waals surface area contributed by atoms with Crippen molar-refractivity contribution in [2.75, 3.05) is 6.61 Å². The van der Waals surface area contributed by atoms with E-state index in [1.165, 1.54) is 0 Å².